The van der Waals surface area contributed by atoms with E-state index >= 15 is 0 Å². The molecule has 0 saturated carbocycles. The number of rotatable bonds is 4. The van der Waals surface area contributed by atoms with Crippen molar-refractivity contribution in [2.45, 2.75) is 18.2 Å². The molecule has 1 aromatic carbocycles. The Hall–Kier alpha value is -1.41. The highest BCUT2D eigenvalue weighted by molar-refractivity contribution is 7.88. The summed E-state index contributed by atoms with van der Waals surface area (Å²) in [6.45, 7) is 0.0498. The van der Waals surface area contributed by atoms with Crippen molar-refractivity contribution in [2.24, 2.45) is 0 Å². The Balaban J connectivity index is 2.07. The van der Waals surface area contributed by atoms with Gasteiger partial charge in [-0.1, -0.05) is 35.9 Å². The Morgan fingerprint density at radius 1 is 1.29 bits per heavy atom. The lowest BCUT2D eigenvalue weighted by molar-refractivity contribution is -0.164. The van der Waals surface area contributed by atoms with Crippen molar-refractivity contribution in [1.29, 1.82) is 0 Å². The summed E-state index contributed by atoms with van der Waals surface area (Å²) in [4.78, 5) is 11.8. The minimum Gasteiger partial charge on any atom is -0.286 e. The minimum atomic E-state index is -3.71. The van der Waals surface area contributed by atoms with Gasteiger partial charge in [0.1, 0.15) is 6.04 Å². The molecule has 0 bridgehead atoms. The maximum atomic E-state index is 12.1. The van der Waals surface area contributed by atoms with E-state index in [2.05, 4.69) is 4.72 Å². The molecule has 0 fully saturated rings. The van der Waals surface area contributed by atoms with Crippen LogP contribution in [0.1, 0.15) is 12.0 Å². The number of carbonyl (C=O) groups is 1. The van der Waals surface area contributed by atoms with Gasteiger partial charge in [0.15, 0.2) is 0 Å². The number of sulfonamides is 1. The molecule has 1 atom stereocenters. The molecular weight excluding hydrogens is 316 g/mol. The Morgan fingerprint density at radius 3 is 2.62 bits per heavy atom. The average molecular weight is 331 g/mol. The van der Waals surface area contributed by atoms with Gasteiger partial charge < -0.3 is 0 Å². The van der Waals surface area contributed by atoms with Crippen LogP contribution < -0.4 is 4.72 Å². The molecule has 21 heavy (non-hydrogen) atoms. The van der Waals surface area contributed by atoms with E-state index in [-0.39, 0.29) is 18.7 Å². The molecule has 1 aromatic rings. The van der Waals surface area contributed by atoms with Gasteiger partial charge in [-0.15, -0.1) is 0 Å². The molecule has 0 spiro atoms. The molecule has 1 aliphatic heterocycles. The van der Waals surface area contributed by atoms with Crippen molar-refractivity contribution in [2.75, 3.05) is 6.54 Å². The van der Waals surface area contributed by atoms with E-state index in [4.69, 9.17) is 11.6 Å². The number of carbonyl (C=O) groups excluding carboxylic acids is 1. The van der Waals surface area contributed by atoms with Gasteiger partial charge in [0.05, 0.1) is 12.3 Å². The molecular formula is C13H15ClN2O4S. The molecule has 8 heteroatoms. The summed E-state index contributed by atoms with van der Waals surface area (Å²) in [5, 5.41) is 10.4. The van der Waals surface area contributed by atoms with Crippen LogP contribution in [-0.2, 0) is 20.6 Å². The summed E-state index contributed by atoms with van der Waals surface area (Å²) >= 11 is 5.74. The summed E-state index contributed by atoms with van der Waals surface area (Å²) in [6, 6.07) is 5.41. The summed E-state index contributed by atoms with van der Waals surface area (Å²) in [7, 11) is -3.71. The van der Waals surface area contributed by atoms with E-state index in [1.165, 1.54) is 0 Å². The first-order chi connectivity index (χ1) is 9.87. The van der Waals surface area contributed by atoms with E-state index in [0.717, 1.165) is 0 Å². The second kappa shape index (κ2) is 6.57. The van der Waals surface area contributed by atoms with Crippen LogP contribution in [0.5, 0.6) is 0 Å². The smallest absolute Gasteiger partial charge is 0.264 e. The van der Waals surface area contributed by atoms with Crippen molar-refractivity contribution in [3.8, 4) is 0 Å². The molecule has 0 saturated heterocycles. The fourth-order valence-corrected chi connectivity index (χ4v) is 3.41. The summed E-state index contributed by atoms with van der Waals surface area (Å²) in [5.74, 6) is -0.928. The molecule has 0 radical (unpaired) electrons. The zero-order chi connectivity index (χ0) is 15.5. The van der Waals surface area contributed by atoms with Gasteiger partial charge in [0.25, 0.3) is 5.91 Å². The quantitative estimate of drug-likeness (QED) is 0.643. The molecule has 0 aliphatic carbocycles. The monoisotopic (exact) mass is 330 g/mol. The number of hydroxylamine groups is 2. The number of hydrogen-bond acceptors (Lipinski definition) is 4. The van der Waals surface area contributed by atoms with Gasteiger partial charge in [-0.2, -0.15) is 0 Å². The van der Waals surface area contributed by atoms with Crippen LogP contribution in [0.2, 0.25) is 5.02 Å². The van der Waals surface area contributed by atoms with Crippen LogP contribution >= 0.6 is 11.6 Å². The zero-order valence-electron chi connectivity index (χ0n) is 11.1. The normalized spacial score (nSPS) is 19.6. The number of halogens is 1. The van der Waals surface area contributed by atoms with Crippen LogP contribution in [0.15, 0.2) is 36.4 Å². The maximum Gasteiger partial charge on any atom is 0.264 e. The third kappa shape index (κ3) is 4.53. The molecule has 0 unspecified atom stereocenters. The molecule has 114 valence electrons. The first-order valence-electron chi connectivity index (χ1n) is 6.27. The van der Waals surface area contributed by atoms with E-state index in [0.29, 0.717) is 15.6 Å². The van der Waals surface area contributed by atoms with E-state index in [1.54, 1.807) is 36.4 Å². The fraction of sp³-hybridized carbons (Fsp3) is 0.308. The third-order valence-electron chi connectivity index (χ3n) is 2.96. The van der Waals surface area contributed by atoms with Crippen molar-refractivity contribution < 1.29 is 18.4 Å². The molecule has 1 heterocycles. The lowest BCUT2D eigenvalue weighted by Gasteiger charge is -2.19. The lowest BCUT2D eigenvalue weighted by Crippen LogP contribution is -2.46. The second-order valence-corrected chi connectivity index (χ2v) is 6.87. The topological polar surface area (TPSA) is 86.7 Å². The second-order valence-electron chi connectivity index (χ2n) is 4.68. The fourth-order valence-electron chi connectivity index (χ4n) is 1.93. The molecule has 1 amide bonds. The highest BCUT2D eigenvalue weighted by atomic mass is 35.5. The van der Waals surface area contributed by atoms with Crippen molar-refractivity contribution in [3.05, 3.63) is 47.0 Å². The van der Waals surface area contributed by atoms with Gasteiger partial charge >= 0.3 is 0 Å². The largest absolute Gasteiger partial charge is 0.286 e. The van der Waals surface area contributed by atoms with Crippen molar-refractivity contribution >= 4 is 27.5 Å². The highest BCUT2D eigenvalue weighted by Crippen LogP contribution is 2.13. The average Bonchev–Trinajstić information content (AvgIpc) is 2.56. The molecule has 6 nitrogen and oxygen atoms in total. The molecule has 2 N–H and O–H groups in total. The number of nitrogens with one attached hydrogen (secondary N) is 1. The lowest BCUT2D eigenvalue weighted by atomic mass is 10.2. The maximum absolute atomic E-state index is 12.1. The SMILES string of the molecule is O=C1[C@H](NS(=O)(=O)Cc2ccc(Cl)cc2)CC=CCN1O. The van der Waals surface area contributed by atoms with Gasteiger partial charge in [-0.05, 0) is 24.1 Å². The van der Waals surface area contributed by atoms with Gasteiger partial charge in [-0.25, -0.2) is 18.2 Å². The Kier molecular flexibility index (Phi) is 5.00. The van der Waals surface area contributed by atoms with Crippen LogP contribution in [0.25, 0.3) is 0 Å². The van der Waals surface area contributed by atoms with E-state index in [1.807, 2.05) is 0 Å². The minimum absolute atomic E-state index is 0.0498. The summed E-state index contributed by atoms with van der Waals surface area (Å²) < 4.78 is 26.5. The standard InChI is InChI=1S/C13H15ClN2O4S/c14-11-6-4-10(5-7-11)9-21(19,20)15-12-3-1-2-8-16(18)13(12)17/h1-2,4-7,12,15,18H,3,8-9H2/t12-/m1/s1. The summed E-state index contributed by atoms with van der Waals surface area (Å²) in [6.07, 6.45) is 3.46. The van der Waals surface area contributed by atoms with Crippen LogP contribution in [0.4, 0.5) is 0 Å². The van der Waals surface area contributed by atoms with Gasteiger partial charge in [0.2, 0.25) is 10.0 Å². The molecule has 1 aliphatic rings. The van der Waals surface area contributed by atoms with Gasteiger partial charge in [0, 0.05) is 5.02 Å². The molecule has 0 aromatic heterocycles. The predicted molar refractivity (Wildman–Crippen MR) is 78.3 cm³/mol. The molecule has 2 rings (SSSR count). The Bertz CT molecular complexity index is 643. The number of hydrogen-bond donors (Lipinski definition) is 2. The van der Waals surface area contributed by atoms with E-state index < -0.39 is 22.0 Å². The van der Waals surface area contributed by atoms with Gasteiger partial charge in [-0.3, -0.25) is 10.0 Å². The zero-order valence-corrected chi connectivity index (χ0v) is 12.6. The van der Waals surface area contributed by atoms with Crippen LogP contribution in [0, 0.1) is 0 Å². The summed E-state index contributed by atoms with van der Waals surface area (Å²) in [5.41, 5.74) is 0.560. The van der Waals surface area contributed by atoms with Crippen molar-refractivity contribution in [1.82, 2.24) is 9.79 Å². The third-order valence-corrected chi connectivity index (χ3v) is 4.57. The Morgan fingerprint density at radius 2 is 1.95 bits per heavy atom. The Labute approximate surface area is 128 Å². The number of benzene rings is 1. The highest BCUT2D eigenvalue weighted by Gasteiger charge is 2.28. The van der Waals surface area contributed by atoms with E-state index in [9.17, 15) is 18.4 Å². The van der Waals surface area contributed by atoms with Crippen LogP contribution in [0.3, 0.4) is 0 Å². The number of amides is 1. The van der Waals surface area contributed by atoms with Crippen LogP contribution in [-0.4, -0.2) is 37.2 Å². The van der Waals surface area contributed by atoms with Crippen molar-refractivity contribution in [3.63, 3.8) is 0 Å². The first-order valence-corrected chi connectivity index (χ1v) is 8.30. The number of nitrogens with zero attached hydrogens (tertiary/aromatic N) is 1. The first kappa shape index (κ1) is 16.0. The predicted octanol–water partition coefficient (Wildman–Crippen LogP) is 1.31.